The number of benzene rings is 6. The number of aryl methyl sites for hydroxylation is 1. The second-order valence-corrected chi connectivity index (χ2v) is 11.0. The molecule has 1 aliphatic rings. The Morgan fingerprint density at radius 3 is 1.86 bits per heavy atom. The van der Waals surface area contributed by atoms with E-state index in [9.17, 15) is 0 Å². The van der Waals surface area contributed by atoms with Crippen LogP contribution in [0.1, 0.15) is 28.4 Å². The Morgan fingerprint density at radius 2 is 1.12 bits per heavy atom. The van der Waals surface area contributed by atoms with E-state index in [-0.39, 0.29) is 6.17 Å². The fourth-order valence-corrected chi connectivity index (χ4v) is 5.86. The summed E-state index contributed by atoms with van der Waals surface area (Å²) < 4.78 is 0. The van der Waals surface area contributed by atoms with Crippen molar-refractivity contribution in [1.29, 1.82) is 0 Å². The number of nitrogens with zero attached hydrogens (tertiary/aromatic N) is 2. The summed E-state index contributed by atoms with van der Waals surface area (Å²) >= 11 is 0. The predicted octanol–water partition coefficient (Wildman–Crippen LogP) is 9.96. The Kier molecular flexibility index (Phi) is 6.73. The van der Waals surface area contributed by atoms with E-state index in [1.165, 1.54) is 49.7 Å². The fourth-order valence-electron chi connectivity index (χ4n) is 5.86. The van der Waals surface area contributed by atoms with Crippen molar-refractivity contribution in [2.45, 2.75) is 13.1 Å². The van der Waals surface area contributed by atoms with Gasteiger partial charge in [0.15, 0.2) is 0 Å². The Balaban J connectivity index is 1.25. The predicted molar refractivity (Wildman–Crippen MR) is 177 cm³/mol. The van der Waals surface area contributed by atoms with Crippen molar-refractivity contribution in [2.75, 3.05) is 7.05 Å². The zero-order valence-corrected chi connectivity index (χ0v) is 23.9. The smallest absolute Gasteiger partial charge is 0.147 e. The van der Waals surface area contributed by atoms with E-state index in [0.717, 1.165) is 17.0 Å². The van der Waals surface area contributed by atoms with Gasteiger partial charge in [-0.15, -0.1) is 0 Å². The molecule has 0 fully saturated rings. The van der Waals surface area contributed by atoms with Crippen molar-refractivity contribution in [2.24, 2.45) is 4.99 Å². The number of hydrogen-bond acceptors (Lipinski definition) is 2. The average Bonchev–Trinajstić information content (AvgIpc) is 3.06. The van der Waals surface area contributed by atoms with Gasteiger partial charge in [0.2, 0.25) is 0 Å². The molecule has 0 amide bonds. The Hall–Kier alpha value is -5.21. The molecule has 0 aliphatic carbocycles. The van der Waals surface area contributed by atoms with Crippen LogP contribution >= 0.6 is 0 Å². The highest BCUT2D eigenvalue weighted by Crippen LogP contribution is 2.36. The first-order valence-corrected chi connectivity index (χ1v) is 14.5. The van der Waals surface area contributed by atoms with Crippen LogP contribution in [0.4, 0.5) is 0 Å². The Labute approximate surface area is 247 Å². The van der Waals surface area contributed by atoms with Crippen LogP contribution in [0.15, 0.2) is 157 Å². The van der Waals surface area contributed by atoms with Crippen molar-refractivity contribution in [3.8, 4) is 22.3 Å². The van der Waals surface area contributed by atoms with Crippen LogP contribution < -0.4 is 0 Å². The van der Waals surface area contributed by atoms with Crippen LogP contribution in [0.2, 0.25) is 0 Å². The summed E-state index contributed by atoms with van der Waals surface area (Å²) in [6.07, 6.45) is 2.09. The van der Waals surface area contributed by atoms with Gasteiger partial charge in [0, 0.05) is 12.7 Å². The quantitative estimate of drug-likeness (QED) is 0.212. The minimum Gasteiger partial charge on any atom is -0.349 e. The number of allylic oxidation sites excluding steroid dienone is 1. The zero-order valence-electron chi connectivity index (χ0n) is 23.9. The van der Waals surface area contributed by atoms with Crippen LogP contribution in [-0.2, 0) is 0 Å². The van der Waals surface area contributed by atoms with E-state index in [1.54, 1.807) is 0 Å². The molecule has 1 aliphatic heterocycles. The van der Waals surface area contributed by atoms with Crippen molar-refractivity contribution < 1.29 is 0 Å². The lowest BCUT2D eigenvalue weighted by Crippen LogP contribution is -2.27. The SMILES string of the molecule is Cc1ccc(-c2ccc(C3N=C(c4ccccc4)C=C(c4ccc(-c5cccc6ccccc56)cc4)N3C)cc2)cc1. The molecular weight excluding hydrogens is 508 g/mol. The molecule has 1 unspecified atom stereocenters. The number of hydrogen-bond donors (Lipinski definition) is 0. The molecule has 0 spiro atoms. The second-order valence-electron chi connectivity index (χ2n) is 11.0. The van der Waals surface area contributed by atoms with Gasteiger partial charge in [-0.25, -0.2) is 0 Å². The van der Waals surface area contributed by atoms with E-state index >= 15 is 0 Å². The Morgan fingerprint density at radius 1 is 0.524 bits per heavy atom. The van der Waals surface area contributed by atoms with Gasteiger partial charge < -0.3 is 4.90 Å². The maximum atomic E-state index is 5.26. The molecule has 0 saturated carbocycles. The zero-order chi connectivity index (χ0) is 28.5. The maximum absolute atomic E-state index is 5.26. The lowest BCUT2D eigenvalue weighted by Gasteiger charge is -2.34. The van der Waals surface area contributed by atoms with Gasteiger partial charge in [-0.3, -0.25) is 4.99 Å². The summed E-state index contributed by atoms with van der Waals surface area (Å²) in [7, 11) is 2.15. The summed E-state index contributed by atoms with van der Waals surface area (Å²) in [5, 5.41) is 2.53. The van der Waals surface area contributed by atoms with Crippen LogP contribution in [0, 0.1) is 6.92 Å². The van der Waals surface area contributed by atoms with E-state index < -0.39 is 0 Å². The lowest BCUT2D eigenvalue weighted by atomic mass is 9.95. The van der Waals surface area contributed by atoms with E-state index in [4.69, 9.17) is 4.99 Å². The monoisotopic (exact) mass is 540 g/mol. The maximum Gasteiger partial charge on any atom is 0.147 e. The van der Waals surface area contributed by atoms with Gasteiger partial charge in [0.05, 0.1) is 5.71 Å². The highest BCUT2D eigenvalue weighted by atomic mass is 15.2. The molecule has 42 heavy (non-hydrogen) atoms. The molecule has 202 valence electrons. The van der Waals surface area contributed by atoms with Crippen LogP contribution in [0.5, 0.6) is 0 Å². The number of fused-ring (bicyclic) bond motifs is 1. The first kappa shape index (κ1) is 25.7. The summed E-state index contributed by atoms with van der Waals surface area (Å²) in [5.74, 6) is 0. The van der Waals surface area contributed by atoms with Crippen molar-refractivity contribution >= 4 is 22.2 Å². The third-order valence-electron chi connectivity index (χ3n) is 8.23. The third kappa shape index (κ3) is 4.93. The average molecular weight is 541 g/mol. The van der Waals surface area contributed by atoms with Crippen LogP contribution in [0.3, 0.4) is 0 Å². The minimum atomic E-state index is -0.134. The van der Waals surface area contributed by atoms with Crippen molar-refractivity contribution in [3.63, 3.8) is 0 Å². The standard InChI is InChI=1S/C40H32N2/c1-28-15-17-29(18-16-28)30-19-25-35(26-20-30)40-41-38(33-10-4-3-5-11-33)27-39(42(40)2)34-23-21-32(22-24-34)37-14-8-12-31-9-6-7-13-36(31)37/h3-27,40H,1-2H3. The van der Waals surface area contributed by atoms with Gasteiger partial charge in [-0.1, -0.05) is 151 Å². The summed E-state index contributed by atoms with van der Waals surface area (Å²) in [6.45, 7) is 2.12. The number of aliphatic imine (C=N–C) groups is 1. The van der Waals surface area contributed by atoms with Gasteiger partial charge in [-0.2, -0.15) is 0 Å². The van der Waals surface area contributed by atoms with E-state index in [2.05, 4.69) is 171 Å². The molecule has 2 nitrogen and oxygen atoms in total. The summed E-state index contributed by atoms with van der Waals surface area (Å²) in [6, 6.07) is 52.1. The third-order valence-corrected chi connectivity index (χ3v) is 8.23. The molecule has 6 aromatic carbocycles. The second kappa shape index (κ2) is 11.0. The van der Waals surface area contributed by atoms with Crippen molar-refractivity contribution in [1.82, 2.24) is 4.90 Å². The highest BCUT2D eigenvalue weighted by Gasteiger charge is 2.25. The van der Waals surface area contributed by atoms with E-state index in [1.807, 2.05) is 0 Å². The van der Waals surface area contributed by atoms with Crippen LogP contribution in [0.25, 0.3) is 38.7 Å². The van der Waals surface area contributed by atoms with Gasteiger partial charge in [-0.05, 0) is 62.7 Å². The molecule has 1 heterocycles. The lowest BCUT2D eigenvalue weighted by molar-refractivity contribution is 0.364. The van der Waals surface area contributed by atoms with Gasteiger partial charge in [0.1, 0.15) is 6.17 Å². The van der Waals surface area contributed by atoms with Gasteiger partial charge in [0.25, 0.3) is 0 Å². The molecular formula is C40H32N2. The van der Waals surface area contributed by atoms with Crippen LogP contribution in [-0.4, -0.2) is 17.7 Å². The van der Waals surface area contributed by atoms with Crippen molar-refractivity contribution in [3.05, 3.63) is 174 Å². The van der Waals surface area contributed by atoms with Gasteiger partial charge >= 0.3 is 0 Å². The first-order chi connectivity index (χ1) is 20.6. The molecule has 7 rings (SSSR count). The summed E-state index contributed by atoms with van der Waals surface area (Å²) in [5.41, 5.74) is 11.8. The molecule has 0 aromatic heterocycles. The number of rotatable bonds is 5. The fraction of sp³-hybridized carbons (Fsp3) is 0.0750. The molecule has 0 saturated heterocycles. The topological polar surface area (TPSA) is 15.6 Å². The van der Waals surface area contributed by atoms with E-state index in [0.29, 0.717) is 0 Å². The molecule has 0 bridgehead atoms. The molecule has 6 aromatic rings. The molecule has 2 heteroatoms. The normalized spacial score (nSPS) is 14.9. The molecule has 1 atom stereocenters. The minimum absolute atomic E-state index is 0.134. The molecule has 0 N–H and O–H groups in total. The first-order valence-electron chi connectivity index (χ1n) is 14.5. The largest absolute Gasteiger partial charge is 0.349 e. The Bertz CT molecular complexity index is 1910. The highest BCUT2D eigenvalue weighted by molar-refractivity contribution is 6.13. The molecule has 0 radical (unpaired) electrons. The summed E-state index contributed by atoms with van der Waals surface area (Å²) in [4.78, 5) is 7.55.